The average Bonchev–Trinajstić information content (AvgIpc) is 2.47. The molecule has 118 valence electrons. The van der Waals surface area contributed by atoms with Crippen molar-refractivity contribution >= 4 is 23.6 Å². The number of nitrogens with two attached hydrogens (primary N) is 2. The molecule has 0 aromatic carbocycles. The number of piperidine rings is 1. The molecule has 0 radical (unpaired) electrons. The average molecular weight is 307 g/mol. The van der Waals surface area contributed by atoms with Crippen molar-refractivity contribution in [3.63, 3.8) is 0 Å². The summed E-state index contributed by atoms with van der Waals surface area (Å²) < 4.78 is 0. The number of carboxylic acids is 1. The zero-order valence-electron chi connectivity index (χ0n) is 11.8. The fourth-order valence-corrected chi connectivity index (χ4v) is 2.51. The number of carbonyl (C=O) groups is 3. The summed E-state index contributed by atoms with van der Waals surface area (Å²) in [5, 5.41) is 9.11. The van der Waals surface area contributed by atoms with Gasteiger partial charge in [0.2, 0.25) is 11.8 Å². The Hall–Kier alpha value is -2.71. The Labute approximate surface area is 126 Å². The second kappa shape index (κ2) is 6.37. The molecule has 5 N–H and O–H groups in total. The Kier molecular flexibility index (Phi) is 4.54. The minimum absolute atomic E-state index is 0.113. The van der Waals surface area contributed by atoms with Crippen LogP contribution >= 0.6 is 0 Å². The van der Waals surface area contributed by atoms with Crippen LogP contribution in [0.2, 0.25) is 0 Å². The molecule has 1 fully saturated rings. The second-order valence-electron chi connectivity index (χ2n) is 5.16. The number of aliphatic carboxylic acids is 1. The predicted octanol–water partition coefficient (Wildman–Crippen LogP) is -1.17. The number of carboxylic acid groups (broad SMARTS) is 1. The van der Waals surface area contributed by atoms with Gasteiger partial charge in [-0.1, -0.05) is 0 Å². The van der Waals surface area contributed by atoms with E-state index < -0.39 is 29.6 Å². The van der Waals surface area contributed by atoms with Gasteiger partial charge in [-0.25, -0.2) is 9.97 Å². The highest BCUT2D eigenvalue weighted by Crippen LogP contribution is 2.23. The third kappa shape index (κ3) is 3.30. The summed E-state index contributed by atoms with van der Waals surface area (Å²) in [5.74, 6) is -4.00. The maximum absolute atomic E-state index is 11.3. The molecule has 0 aliphatic carbocycles. The summed E-state index contributed by atoms with van der Waals surface area (Å²) in [7, 11) is 0. The standard InChI is InChI=1S/C13H17N5O4/c14-11(19)10(12(15)20)8-4-9(17-6-16-8)18-3-1-2-7(5-18)13(21)22/h4,6-7,10H,1-3,5H2,(H2,14,19)(H2,15,20)(H,21,22)/t7-/m1/s1. The van der Waals surface area contributed by atoms with Crippen LogP contribution in [0.15, 0.2) is 12.4 Å². The van der Waals surface area contributed by atoms with Gasteiger partial charge in [0.05, 0.1) is 11.6 Å². The highest BCUT2D eigenvalue weighted by molar-refractivity contribution is 6.04. The molecule has 1 atom stereocenters. The quantitative estimate of drug-likeness (QED) is 0.579. The smallest absolute Gasteiger partial charge is 0.308 e. The van der Waals surface area contributed by atoms with Crippen LogP contribution in [-0.4, -0.2) is 45.9 Å². The van der Waals surface area contributed by atoms with E-state index in [9.17, 15) is 14.4 Å². The Balaban J connectivity index is 2.26. The van der Waals surface area contributed by atoms with Crippen LogP contribution in [0, 0.1) is 5.92 Å². The first-order valence-corrected chi connectivity index (χ1v) is 6.78. The number of anilines is 1. The normalized spacial score (nSPS) is 18.2. The highest BCUT2D eigenvalue weighted by atomic mass is 16.4. The third-order valence-corrected chi connectivity index (χ3v) is 3.63. The topological polar surface area (TPSA) is 152 Å². The van der Waals surface area contributed by atoms with E-state index in [1.165, 1.54) is 12.4 Å². The summed E-state index contributed by atoms with van der Waals surface area (Å²) in [4.78, 5) is 43.5. The Morgan fingerprint density at radius 2 is 1.95 bits per heavy atom. The van der Waals surface area contributed by atoms with Gasteiger partial charge >= 0.3 is 5.97 Å². The van der Waals surface area contributed by atoms with Crippen molar-refractivity contribution in [1.29, 1.82) is 0 Å². The van der Waals surface area contributed by atoms with E-state index in [0.29, 0.717) is 31.7 Å². The molecule has 0 saturated carbocycles. The summed E-state index contributed by atoms with van der Waals surface area (Å²) in [6.07, 6.45) is 2.52. The van der Waals surface area contributed by atoms with Crippen LogP contribution < -0.4 is 16.4 Å². The maximum Gasteiger partial charge on any atom is 0.308 e. The molecule has 0 bridgehead atoms. The molecule has 2 rings (SSSR count). The van der Waals surface area contributed by atoms with E-state index in [0.717, 1.165) is 0 Å². The van der Waals surface area contributed by atoms with E-state index >= 15 is 0 Å². The minimum Gasteiger partial charge on any atom is -0.481 e. The van der Waals surface area contributed by atoms with Gasteiger partial charge in [0.15, 0.2) is 5.92 Å². The van der Waals surface area contributed by atoms with Crippen molar-refractivity contribution in [1.82, 2.24) is 9.97 Å². The van der Waals surface area contributed by atoms with E-state index in [1.54, 1.807) is 4.90 Å². The Morgan fingerprint density at radius 3 is 2.55 bits per heavy atom. The number of primary amides is 2. The number of hydrogen-bond acceptors (Lipinski definition) is 6. The summed E-state index contributed by atoms with van der Waals surface area (Å²) in [5.41, 5.74) is 10.5. The molecule has 0 unspecified atom stereocenters. The molecule has 9 nitrogen and oxygen atoms in total. The van der Waals surface area contributed by atoms with Crippen molar-refractivity contribution in [3.8, 4) is 0 Å². The van der Waals surface area contributed by atoms with Gasteiger partial charge in [-0.05, 0) is 12.8 Å². The molecule has 0 spiro atoms. The zero-order valence-corrected chi connectivity index (χ0v) is 11.8. The molecule has 1 saturated heterocycles. The summed E-state index contributed by atoms with van der Waals surface area (Å²) in [6, 6.07) is 1.45. The van der Waals surface area contributed by atoms with E-state index in [-0.39, 0.29) is 5.69 Å². The summed E-state index contributed by atoms with van der Waals surface area (Å²) >= 11 is 0. The first-order chi connectivity index (χ1) is 10.4. The van der Waals surface area contributed by atoms with Crippen LogP contribution in [0.4, 0.5) is 5.82 Å². The number of aromatic nitrogens is 2. The van der Waals surface area contributed by atoms with Gasteiger partial charge in [0, 0.05) is 19.2 Å². The van der Waals surface area contributed by atoms with Gasteiger partial charge in [-0.15, -0.1) is 0 Å². The fourth-order valence-electron chi connectivity index (χ4n) is 2.51. The lowest BCUT2D eigenvalue weighted by Gasteiger charge is -2.31. The van der Waals surface area contributed by atoms with Crippen LogP contribution in [0.1, 0.15) is 24.5 Å². The SMILES string of the molecule is NC(=O)C(C(N)=O)c1cc(N2CCC[C@@H](C(=O)O)C2)ncn1. The van der Waals surface area contributed by atoms with Crippen LogP contribution in [0.25, 0.3) is 0 Å². The summed E-state index contributed by atoms with van der Waals surface area (Å²) in [6.45, 7) is 0.946. The van der Waals surface area contributed by atoms with Crippen molar-refractivity contribution in [2.45, 2.75) is 18.8 Å². The number of nitrogens with zero attached hydrogens (tertiary/aromatic N) is 3. The van der Waals surface area contributed by atoms with E-state index in [2.05, 4.69) is 9.97 Å². The van der Waals surface area contributed by atoms with Crippen molar-refractivity contribution in [3.05, 3.63) is 18.1 Å². The Bertz CT molecular complexity index is 592. The van der Waals surface area contributed by atoms with Gasteiger partial charge in [0.25, 0.3) is 0 Å². The van der Waals surface area contributed by atoms with Gasteiger partial charge in [-0.2, -0.15) is 0 Å². The molecule has 2 amide bonds. The number of rotatable bonds is 5. The van der Waals surface area contributed by atoms with Gasteiger partial charge in [0.1, 0.15) is 12.1 Å². The number of hydrogen-bond donors (Lipinski definition) is 3. The molecule has 1 aromatic heterocycles. The molecule has 2 heterocycles. The van der Waals surface area contributed by atoms with Crippen molar-refractivity contribution in [2.24, 2.45) is 17.4 Å². The predicted molar refractivity (Wildman–Crippen MR) is 75.7 cm³/mol. The number of carbonyl (C=O) groups excluding carboxylic acids is 2. The maximum atomic E-state index is 11.3. The second-order valence-corrected chi connectivity index (χ2v) is 5.16. The van der Waals surface area contributed by atoms with Gasteiger partial charge < -0.3 is 21.5 Å². The zero-order chi connectivity index (χ0) is 16.3. The third-order valence-electron chi connectivity index (χ3n) is 3.63. The molecular weight excluding hydrogens is 290 g/mol. The molecule has 1 aromatic rings. The lowest BCUT2D eigenvalue weighted by molar-refractivity contribution is -0.142. The van der Waals surface area contributed by atoms with Crippen LogP contribution in [-0.2, 0) is 14.4 Å². The van der Waals surface area contributed by atoms with Crippen molar-refractivity contribution in [2.75, 3.05) is 18.0 Å². The highest BCUT2D eigenvalue weighted by Gasteiger charge is 2.29. The molecule has 22 heavy (non-hydrogen) atoms. The first kappa shape index (κ1) is 15.7. The van der Waals surface area contributed by atoms with Crippen molar-refractivity contribution < 1.29 is 19.5 Å². The van der Waals surface area contributed by atoms with E-state index in [1.807, 2.05) is 0 Å². The molecule has 1 aliphatic rings. The Morgan fingerprint density at radius 1 is 1.27 bits per heavy atom. The first-order valence-electron chi connectivity index (χ1n) is 6.78. The van der Waals surface area contributed by atoms with Crippen LogP contribution in [0.3, 0.4) is 0 Å². The molecule has 1 aliphatic heterocycles. The minimum atomic E-state index is -1.33. The van der Waals surface area contributed by atoms with Gasteiger partial charge in [-0.3, -0.25) is 14.4 Å². The van der Waals surface area contributed by atoms with Crippen LogP contribution in [0.5, 0.6) is 0 Å². The lowest BCUT2D eigenvalue weighted by atomic mass is 9.98. The molecular formula is C13H17N5O4. The van der Waals surface area contributed by atoms with E-state index in [4.69, 9.17) is 16.6 Å². The lowest BCUT2D eigenvalue weighted by Crippen LogP contribution is -2.39. The number of amides is 2. The monoisotopic (exact) mass is 307 g/mol. The molecule has 9 heteroatoms. The largest absolute Gasteiger partial charge is 0.481 e. The fraction of sp³-hybridized carbons (Fsp3) is 0.462.